The highest BCUT2D eigenvalue weighted by atomic mass is 16.5. The van der Waals surface area contributed by atoms with E-state index < -0.39 is 0 Å². The van der Waals surface area contributed by atoms with E-state index in [1.165, 1.54) is 0 Å². The molecule has 0 bridgehead atoms. The Morgan fingerprint density at radius 1 is 1.00 bits per heavy atom. The predicted octanol–water partition coefficient (Wildman–Crippen LogP) is 2.51. The number of nitrogens with zero attached hydrogens (tertiary/aromatic N) is 2. The molecule has 0 unspecified atom stereocenters. The van der Waals surface area contributed by atoms with Gasteiger partial charge in [0.15, 0.2) is 0 Å². The van der Waals surface area contributed by atoms with Gasteiger partial charge in [0.2, 0.25) is 11.8 Å². The number of morpholine rings is 1. The highest BCUT2D eigenvalue weighted by Crippen LogP contribution is 2.24. The van der Waals surface area contributed by atoms with Gasteiger partial charge in [-0.2, -0.15) is 0 Å². The second-order valence-electron chi connectivity index (χ2n) is 7.70. The summed E-state index contributed by atoms with van der Waals surface area (Å²) in [6.07, 6.45) is 0.268. The number of para-hydroxylation sites is 1. The Labute approximate surface area is 171 Å². The second-order valence-corrected chi connectivity index (χ2v) is 7.70. The lowest BCUT2D eigenvalue weighted by molar-refractivity contribution is -0.128. The van der Waals surface area contributed by atoms with Crippen molar-refractivity contribution in [3.63, 3.8) is 0 Å². The zero-order valence-corrected chi connectivity index (χ0v) is 16.5. The number of hydrogen-bond donors (Lipinski definition) is 1. The van der Waals surface area contributed by atoms with Gasteiger partial charge < -0.3 is 15.0 Å². The molecule has 2 aliphatic heterocycles. The lowest BCUT2D eigenvalue weighted by atomic mass is 10.1. The van der Waals surface area contributed by atoms with E-state index in [0.717, 1.165) is 49.7 Å². The molecule has 152 valence electrons. The predicted molar refractivity (Wildman–Crippen MR) is 111 cm³/mol. The van der Waals surface area contributed by atoms with Crippen LogP contribution in [0.5, 0.6) is 0 Å². The first kappa shape index (κ1) is 19.6. The molecule has 4 rings (SSSR count). The van der Waals surface area contributed by atoms with Gasteiger partial charge >= 0.3 is 0 Å². The summed E-state index contributed by atoms with van der Waals surface area (Å²) in [5.41, 5.74) is 3.00. The summed E-state index contributed by atoms with van der Waals surface area (Å²) in [7, 11) is 0. The van der Waals surface area contributed by atoms with Crippen molar-refractivity contribution in [3.8, 4) is 0 Å². The second kappa shape index (κ2) is 9.20. The number of amides is 2. The molecule has 0 saturated carbocycles. The maximum absolute atomic E-state index is 12.9. The van der Waals surface area contributed by atoms with Gasteiger partial charge in [0.25, 0.3) is 0 Å². The third-order valence-corrected chi connectivity index (χ3v) is 5.57. The molecule has 0 spiro atoms. The minimum Gasteiger partial charge on any atom is -0.379 e. The molecule has 2 aromatic carbocycles. The number of nitrogens with one attached hydrogen (secondary N) is 1. The molecular formula is C23H27N3O3. The molecule has 2 saturated heterocycles. The molecule has 29 heavy (non-hydrogen) atoms. The molecule has 6 heteroatoms. The minimum absolute atomic E-state index is 0.0376. The SMILES string of the molecule is O=C(Nc1ccccc1CN1CCOCC1)[C@@H]1CC(=O)N(Cc2ccccc2)C1. The fraction of sp³-hybridized carbons (Fsp3) is 0.391. The third-order valence-electron chi connectivity index (χ3n) is 5.57. The van der Waals surface area contributed by atoms with Crippen molar-refractivity contribution in [2.24, 2.45) is 5.92 Å². The van der Waals surface area contributed by atoms with Gasteiger partial charge in [0.1, 0.15) is 0 Å². The van der Waals surface area contributed by atoms with Crippen LogP contribution in [-0.4, -0.2) is 54.5 Å². The summed E-state index contributed by atoms with van der Waals surface area (Å²) in [6, 6.07) is 17.8. The van der Waals surface area contributed by atoms with E-state index in [2.05, 4.69) is 10.2 Å². The number of likely N-dealkylation sites (tertiary alicyclic amines) is 1. The zero-order chi connectivity index (χ0) is 20.1. The summed E-state index contributed by atoms with van der Waals surface area (Å²) in [4.78, 5) is 29.4. The molecular weight excluding hydrogens is 366 g/mol. The molecule has 2 amide bonds. The summed E-state index contributed by atoms with van der Waals surface area (Å²) in [5, 5.41) is 3.07. The van der Waals surface area contributed by atoms with Gasteiger partial charge in [-0.15, -0.1) is 0 Å². The smallest absolute Gasteiger partial charge is 0.229 e. The van der Waals surface area contributed by atoms with Crippen LogP contribution in [0.3, 0.4) is 0 Å². The standard InChI is InChI=1S/C23H27N3O3/c27-22-14-20(17-26(22)15-18-6-2-1-3-7-18)23(28)24-21-9-5-4-8-19(21)16-25-10-12-29-13-11-25/h1-9,20H,10-17H2,(H,24,28)/t20-/m1/s1. The van der Waals surface area contributed by atoms with Gasteiger partial charge in [-0.25, -0.2) is 0 Å². The lowest BCUT2D eigenvalue weighted by Gasteiger charge is -2.27. The summed E-state index contributed by atoms with van der Waals surface area (Å²) in [6.45, 7) is 5.08. The molecule has 2 aliphatic rings. The number of benzene rings is 2. The maximum atomic E-state index is 12.9. The Kier molecular flexibility index (Phi) is 6.22. The molecule has 0 aromatic heterocycles. The molecule has 6 nitrogen and oxygen atoms in total. The van der Waals surface area contributed by atoms with Crippen LogP contribution in [0.25, 0.3) is 0 Å². The number of anilines is 1. The Balaban J connectivity index is 1.37. The highest BCUT2D eigenvalue weighted by Gasteiger charge is 2.34. The first-order valence-corrected chi connectivity index (χ1v) is 10.2. The van der Waals surface area contributed by atoms with Crippen molar-refractivity contribution in [2.45, 2.75) is 19.5 Å². The van der Waals surface area contributed by atoms with Crippen LogP contribution in [0.2, 0.25) is 0 Å². The Bertz CT molecular complexity index is 849. The van der Waals surface area contributed by atoms with E-state index in [1.54, 1.807) is 4.90 Å². The van der Waals surface area contributed by atoms with Crippen molar-refractivity contribution in [2.75, 3.05) is 38.2 Å². The molecule has 2 fully saturated rings. The van der Waals surface area contributed by atoms with Crippen molar-refractivity contribution in [1.82, 2.24) is 9.80 Å². The van der Waals surface area contributed by atoms with Gasteiger partial charge in [0, 0.05) is 44.8 Å². The first-order chi connectivity index (χ1) is 14.2. The van der Waals surface area contributed by atoms with Crippen molar-refractivity contribution in [1.29, 1.82) is 0 Å². The molecule has 2 aromatic rings. The van der Waals surface area contributed by atoms with E-state index in [9.17, 15) is 9.59 Å². The molecule has 2 heterocycles. The average molecular weight is 393 g/mol. The minimum atomic E-state index is -0.317. The highest BCUT2D eigenvalue weighted by molar-refractivity contribution is 5.97. The van der Waals surface area contributed by atoms with Crippen LogP contribution in [0.4, 0.5) is 5.69 Å². The number of carbonyl (C=O) groups excluding carboxylic acids is 2. The number of rotatable bonds is 6. The Morgan fingerprint density at radius 2 is 1.72 bits per heavy atom. The van der Waals surface area contributed by atoms with Crippen molar-refractivity contribution < 1.29 is 14.3 Å². The van der Waals surface area contributed by atoms with Crippen LogP contribution in [-0.2, 0) is 27.4 Å². The van der Waals surface area contributed by atoms with E-state index in [0.29, 0.717) is 13.1 Å². The Morgan fingerprint density at radius 3 is 2.52 bits per heavy atom. The molecule has 1 atom stereocenters. The molecule has 0 radical (unpaired) electrons. The van der Waals surface area contributed by atoms with Gasteiger partial charge in [-0.3, -0.25) is 14.5 Å². The monoisotopic (exact) mass is 393 g/mol. The molecule has 1 N–H and O–H groups in total. The fourth-order valence-corrected chi connectivity index (χ4v) is 3.92. The first-order valence-electron chi connectivity index (χ1n) is 10.2. The third kappa shape index (κ3) is 5.02. The van der Waals surface area contributed by atoms with Crippen LogP contribution >= 0.6 is 0 Å². The van der Waals surface area contributed by atoms with Gasteiger partial charge in [-0.05, 0) is 17.2 Å². The van der Waals surface area contributed by atoms with E-state index in [1.807, 2.05) is 54.6 Å². The van der Waals surface area contributed by atoms with Crippen LogP contribution in [0.15, 0.2) is 54.6 Å². The zero-order valence-electron chi connectivity index (χ0n) is 16.5. The summed E-state index contributed by atoms with van der Waals surface area (Å²) >= 11 is 0. The van der Waals surface area contributed by atoms with Gasteiger partial charge in [0.05, 0.1) is 19.1 Å². The summed E-state index contributed by atoms with van der Waals surface area (Å²) in [5.74, 6) is -0.360. The lowest BCUT2D eigenvalue weighted by Crippen LogP contribution is -2.36. The van der Waals surface area contributed by atoms with Crippen LogP contribution in [0, 0.1) is 5.92 Å². The number of carbonyl (C=O) groups is 2. The van der Waals surface area contributed by atoms with Crippen LogP contribution < -0.4 is 5.32 Å². The normalized spacial score (nSPS) is 20.1. The largest absolute Gasteiger partial charge is 0.379 e. The molecule has 0 aliphatic carbocycles. The average Bonchev–Trinajstić information content (AvgIpc) is 3.11. The van der Waals surface area contributed by atoms with E-state index in [4.69, 9.17) is 4.74 Å². The summed E-state index contributed by atoms with van der Waals surface area (Å²) < 4.78 is 5.41. The van der Waals surface area contributed by atoms with Gasteiger partial charge in [-0.1, -0.05) is 48.5 Å². The van der Waals surface area contributed by atoms with Crippen molar-refractivity contribution in [3.05, 3.63) is 65.7 Å². The fourth-order valence-electron chi connectivity index (χ4n) is 3.92. The Hall–Kier alpha value is -2.70. The quantitative estimate of drug-likeness (QED) is 0.819. The number of hydrogen-bond acceptors (Lipinski definition) is 4. The van der Waals surface area contributed by atoms with Crippen LogP contribution in [0.1, 0.15) is 17.5 Å². The number of ether oxygens (including phenoxy) is 1. The van der Waals surface area contributed by atoms with E-state index >= 15 is 0 Å². The van der Waals surface area contributed by atoms with Crippen molar-refractivity contribution >= 4 is 17.5 Å². The maximum Gasteiger partial charge on any atom is 0.229 e. The van der Waals surface area contributed by atoms with E-state index in [-0.39, 0.29) is 24.2 Å². The topological polar surface area (TPSA) is 61.9 Å².